The van der Waals surface area contributed by atoms with Crippen molar-refractivity contribution in [3.63, 3.8) is 0 Å². The number of hydrogen-bond acceptors (Lipinski definition) is 3. The molecule has 2 heterocycles. The number of carbonyl (C=O) groups is 1. The molecular weight excluding hydrogens is 407 g/mol. The van der Waals surface area contributed by atoms with Crippen molar-refractivity contribution in [2.24, 2.45) is 11.7 Å². The van der Waals surface area contributed by atoms with E-state index in [4.69, 9.17) is 22.4 Å². The number of amides is 1. The van der Waals surface area contributed by atoms with Crippen molar-refractivity contribution in [3.05, 3.63) is 76.9 Å². The molecule has 0 saturated carbocycles. The third kappa shape index (κ3) is 4.81. The van der Waals surface area contributed by atoms with Crippen molar-refractivity contribution in [1.82, 2.24) is 14.7 Å². The molecule has 0 aliphatic carbocycles. The molecule has 2 N–H and O–H groups in total. The Balaban J connectivity index is 0.00000240. The molecule has 2 aromatic carbocycles. The lowest BCUT2D eigenvalue weighted by Crippen LogP contribution is -2.30. The van der Waals surface area contributed by atoms with Crippen molar-refractivity contribution < 1.29 is 4.79 Å². The van der Waals surface area contributed by atoms with E-state index in [0.29, 0.717) is 41.8 Å². The van der Waals surface area contributed by atoms with Gasteiger partial charge in [-0.2, -0.15) is 5.10 Å². The van der Waals surface area contributed by atoms with Crippen molar-refractivity contribution in [2.75, 3.05) is 19.6 Å². The van der Waals surface area contributed by atoms with E-state index in [-0.39, 0.29) is 18.3 Å². The number of benzene rings is 2. The first-order valence-corrected chi connectivity index (χ1v) is 9.88. The predicted molar refractivity (Wildman–Crippen MR) is 119 cm³/mol. The lowest BCUT2D eigenvalue weighted by atomic mass is 10.1. The molecule has 5 nitrogen and oxygen atoms in total. The van der Waals surface area contributed by atoms with Crippen LogP contribution in [0.2, 0.25) is 5.02 Å². The normalized spacial score (nSPS) is 15.9. The molecular formula is C22H24Cl2N4O. The summed E-state index contributed by atoms with van der Waals surface area (Å²) in [4.78, 5) is 15.1. The van der Waals surface area contributed by atoms with Crippen LogP contribution < -0.4 is 5.73 Å². The number of halogens is 2. The molecule has 0 spiro atoms. The highest BCUT2D eigenvalue weighted by Gasteiger charge is 2.29. The minimum atomic E-state index is 0. The molecule has 0 bridgehead atoms. The van der Waals surface area contributed by atoms with Crippen LogP contribution in [0.25, 0.3) is 11.3 Å². The number of likely N-dealkylation sites (tertiary alicyclic amines) is 1. The van der Waals surface area contributed by atoms with E-state index in [9.17, 15) is 4.79 Å². The molecule has 1 aromatic heterocycles. The van der Waals surface area contributed by atoms with E-state index in [1.807, 2.05) is 58.2 Å². The summed E-state index contributed by atoms with van der Waals surface area (Å²) < 4.78 is 1.84. The van der Waals surface area contributed by atoms with Gasteiger partial charge in [0.1, 0.15) is 5.69 Å². The van der Waals surface area contributed by atoms with Crippen LogP contribution >= 0.6 is 24.0 Å². The van der Waals surface area contributed by atoms with Crippen molar-refractivity contribution >= 4 is 29.9 Å². The summed E-state index contributed by atoms with van der Waals surface area (Å²) in [5, 5.41) is 5.40. The van der Waals surface area contributed by atoms with Crippen LogP contribution in [-0.2, 0) is 6.54 Å². The summed E-state index contributed by atoms with van der Waals surface area (Å²) in [6, 6.07) is 17.5. The van der Waals surface area contributed by atoms with Gasteiger partial charge in [0.25, 0.3) is 5.91 Å². The molecule has 3 aromatic rings. The third-order valence-corrected chi connectivity index (χ3v) is 5.46. The molecule has 1 amide bonds. The number of hydrogen-bond donors (Lipinski definition) is 1. The molecule has 1 atom stereocenters. The molecule has 1 aliphatic heterocycles. The summed E-state index contributed by atoms with van der Waals surface area (Å²) in [6.45, 7) is 2.67. The van der Waals surface area contributed by atoms with Crippen LogP contribution in [0.15, 0.2) is 60.8 Å². The van der Waals surface area contributed by atoms with E-state index in [2.05, 4.69) is 12.1 Å². The number of nitrogens with zero attached hydrogens (tertiary/aromatic N) is 3. The molecule has 1 saturated heterocycles. The maximum Gasteiger partial charge on any atom is 0.257 e. The van der Waals surface area contributed by atoms with E-state index < -0.39 is 0 Å². The first kappa shape index (κ1) is 21.4. The largest absolute Gasteiger partial charge is 0.338 e. The second-order valence-corrected chi connectivity index (χ2v) is 7.66. The molecule has 0 radical (unpaired) electrons. The van der Waals surface area contributed by atoms with Crippen LogP contribution in [0.1, 0.15) is 22.3 Å². The maximum atomic E-state index is 13.2. The second kappa shape index (κ2) is 9.44. The Morgan fingerprint density at radius 2 is 1.86 bits per heavy atom. The number of rotatable bonds is 5. The minimum Gasteiger partial charge on any atom is -0.338 e. The zero-order chi connectivity index (χ0) is 19.5. The summed E-state index contributed by atoms with van der Waals surface area (Å²) in [7, 11) is 0. The standard InChI is InChI=1S/C22H23ClN4O.ClH/c23-19-8-6-18(7-9-19)21-20(22(28)26-11-10-17(12-24)13-26)15-27(25-21)14-16-4-2-1-3-5-16;/h1-9,15,17H,10-14,24H2;1H. The van der Waals surface area contributed by atoms with E-state index >= 15 is 0 Å². The number of carbonyl (C=O) groups excluding carboxylic acids is 1. The monoisotopic (exact) mass is 430 g/mol. The van der Waals surface area contributed by atoms with Crippen LogP contribution in [-0.4, -0.2) is 40.2 Å². The topological polar surface area (TPSA) is 64.2 Å². The Bertz CT molecular complexity index is 957. The van der Waals surface area contributed by atoms with E-state index in [1.54, 1.807) is 0 Å². The van der Waals surface area contributed by atoms with Gasteiger partial charge in [0.2, 0.25) is 0 Å². The lowest BCUT2D eigenvalue weighted by Gasteiger charge is -2.16. The van der Waals surface area contributed by atoms with Gasteiger partial charge in [0.15, 0.2) is 0 Å². The van der Waals surface area contributed by atoms with Crippen molar-refractivity contribution in [1.29, 1.82) is 0 Å². The first-order valence-electron chi connectivity index (χ1n) is 9.50. The molecule has 4 rings (SSSR count). The van der Waals surface area contributed by atoms with Crippen molar-refractivity contribution in [2.45, 2.75) is 13.0 Å². The third-order valence-electron chi connectivity index (χ3n) is 5.20. The average Bonchev–Trinajstić information content (AvgIpc) is 3.36. The Morgan fingerprint density at radius 3 is 2.52 bits per heavy atom. The fourth-order valence-electron chi connectivity index (χ4n) is 3.63. The fourth-order valence-corrected chi connectivity index (χ4v) is 3.76. The van der Waals surface area contributed by atoms with Crippen LogP contribution in [0.3, 0.4) is 0 Å². The molecule has 29 heavy (non-hydrogen) atoms. The number of aromatic nitrogens is 2. The van der Waals surface area contributed by atoms with Gasteiger partial charge >= 0.3 is 0 Å². The highest BCUT2D eigenvalue weighted by molar-refractivity contribution is 6.30. The van der Waals surface area contributed by atoms with Gasteiger partial charge in [0.05, 0.1) is 12.1 Å². The first-order chi connectivity index (χ1) is 13.6. The Morgan fingerprint density at radius 1 is 1.14 bits per heavy atom. The summed E-state index contributed by atoms with van der Waals surface area (Å²) in [5.41, 5.74) is 9.12. The highest BCUT2D eigenvalue weighted by Crippen LogP contribution is 2.27. The Hall–Kier alpha value is -2.34. The highest BCUT2D eigenvalue weighted by atomic mass is 35.5. The van der Waals surface area contributed by atoms with Gasteiger partial charge < -0.3 is 10.6 Å². The quantitative estimate of drug-likeness (QED) is 0.662. The molecule has 7 heteroatoms. The minimum absolute atomic E-state index is 0. The maximum absolute atomic E-state index is 13.2. The Kier molecular flexibility index (Phi) is 6.96. The molecule has 1 unspecified atom stereocenters. The van der Waals surface area contributed by atoms with E-state index in [0.717, 1.165) is 24.1 Å². The summed E-state index contributed by atoms with van der Waals surface area (Å²) in [5.74, 6) is 0.391. The van der Waals surface area contributed by atoms with Crippen LogP contribution in [0, 0.1) is 5.92 Å². The van der Waals surface area contributed by atoms with Crippen LogP contribution in [0.5, 0.6) is 0 Å². The van der Waals surface area contributed by atoms with Gasteiger partial charge in [-0.3, -0.25) is 9.48 Å². The SMILES string of the molecule is Cl.NCC1CCN(C(=O)c2cn(Cc3ccccc3)nc2-c2ccc(Cl)cc2)C1. The second-order valence-electron chi connectivity index (χ2n) is 7.22. The lowest BCUT2D eigenvalue weighted by molar-refractivity contribution is 0.0788. The predicted octanol–water partition coefficient (Wildman–Crippen LogP) is 4.09. The van der Waals surface area contributed by atoms with Crippen molar-refractivity contribution in [3.8, 4) is 11.3 Å². The average molecular weight is 431 g/mol. The fraction of sp³-hybridized carbons (Fsp3) is 0.273. The smallest absolute Gasteiger partial charge is 0.257 e. The van der Waals surface area contributed by atoms with Gasteiger partial charge in [-0.05, 0) is 36.6 Å². The van der Waals surface area contributed by atoms with Gasteiger partial charge in [-0.1, -0.05) is 54.1 Å². The zero-order valence-corrected chi connectivity index (χ0v) is 17.6. The summed E-state index contributed by atoms with van der Waals surface area (Å²) in [6.07, 6.45) is 2.81. The zero-order valence-electron chi connectivity index (χ0n) is 16.0. The summed E-state index contributed by atoms with van der Waals surface area (Å²) >= 11 is 6.04. The molecule has 1 aliphatic rings. The van der Waals surface area contributed by atoms with Crippen LogP contribution in [0.4, 0.5) is 0 Å². The van der Waals surface area contributed by atoms with E-state index in [1.165, 1.54) is 0 Å². The Labute approximate surface area is 181 Å². The molecule has 1 fully saturated rings. The number of nitrogens with two attached hydrogens (primary N) is 1. The molecule has 152 valence electrons. The van der Waals surface area contributed by atoms with Gasteiger partial charge in [0, 0.05) is 29.9 Å². The van der Waals surface area contributed by atoms with Gasteiger partial charge in [-0.25, -0.2) is 0 Å². The van der Waals surface area contributed by atoms with Gasteiger partial charge in [-0.15, -0.1) is 12.4 Å².